The normalized spacial score (nSPS) is 16.4. The van der Waals surface area contributed by atoms with Crippen LogP contribution in [0.3, 0.4) is 0 Å². The molecule has 1 N–H and O–H groups in total. The van der Waals surface area contributed by atoms with Crippen LogP contribution in [0.2, 0.25) is 0 Å². The summed E-state index contributed by atoms with van der Waals surface area (Å²) in [5.74, 6) is 1.08. The standard InChI is InChI=1S/C24H24N6O4/c1-33-23(32)34-19-13-18-21(28-19)26-15-27-22(18)29-9-10-30(24(14-29)6-7-24)20(31)12-17-4-2-3-16(11-17)5-8-25/h2-4,11,13,15H,5-7,9-10,12,14H2,1H3,(H,26,27,28). The van der Waals surface area contributed by atoms with Crippen LogP contribution in [0.5, 0.6) is 5.88 Å². The molecule has 174 valence electrons. The number of benzene rings is 1. The number of carbonyl (C=O) groups excluding carboxylic acids is 2. The molecule has 1 aliphatic carbocycles. The monoisotopic (exact) mass is 460 g/mol. The molecular formula is C24H24N6O4. The Morgan fingerprint density at radius 1 is 1.21 bits per heavy atom. The molecule has 5 rings (SSSR count). The summed E-state index contributed by atoms with van der Waals surface area (Å²) in [5, 5.41) is 9.68. The van der Waals surface area contributed by atoms with Crippen LogP contribution in [-0.4, -0.2) is 64.2 Å². The van der Waals surface area contributed by atoms with Gasteiger partial charge in [0.2, 0.25) is 11.8 Å². The lowest BCUT2D eigenvalue weighted by molar-refractivity contribution is -0.134. The quantitative estimate of drug-likeness (QED) is 0.576. The number of amides is 1. The summed E-state index contributed by atoms with van der Waals surface area (Å²) in [6.07, 6.45) is 3.21. The fraction of sp³-hybridized carbons (Fsp3) is 0.375. The van der Waals surface area contributed by atoms with Crippen molar-refractivity contribution in [1.29, 1.82) is 5.26 Å². The Kier molecular flexibility index (Phi) is 5.53. The number of aromatic amines is 1. The summed E-state index contributed by atoms with van der Waals surface area (Å²) in [6, 6.07) is 11.5. The van der Waals surface area contributed by atoms with Gasteiger partial charge in [0.05, 0.1) is 36.9 Å². The van der Waals surface area contributed by atoms with E-state index in [4.69, 9.17) is 10.00 Å². The van der Waals surface area contributed by atoms with Gasteiger partial charge in [-0.1, -0.05) is 24.3 Å². The number of nitriles is 1. The molecule has 0 bridgehead atoms. The van der Waals surface area contributed by atoms with Gasteiger partial charge in [-0.2, -0.15) is 5.26 Å². The topological polar surface area (TPSA) is 124 Å². The fourth-order valence-corrected chi connectivity index (χ4v) is 4.67. The molecule has 2 fully saturated rings. The predicted octanol–water partition coefficient (Wildman–Crippen LogP) is 2.59. The maximum Gasteiger partial charge on any atom is 0.514 e. The lowest BCUT2D eigenvalue weighted by Gasteiger charge is -2.43. The van der Waals surface area contributed by atoms with Crippen LogP contribution < -0.4 is 9.64 Å². The van der Waals surface area contributed by atoms with E-state index in [-0.39, 0.29) is 17.3 Å². The average Bonchev–Trinajstić information content (AvgIpc) is 3.45. The van der Waals surface area contributed by atoms with Gasteiger partial charge in [-0.15, -0.1) is 0 Å². The largest absolute Gasteiger partial charge is 0.514 e. The van der Waals surface area contributed by atoms with Crippen LogP contribution in [0.4, 0.5) is 10.6 Å². The smallest absolute Gasteiger partial charge is 0.437 e. The molecule has 34 heavy (non-hydrogen) atoms. The van der Waals surface area contributed by atoms with Crippen molar-refractivity contribution in [2.24, 2.45) is 0 Å². The van der Waals surface area contributed by atoms with Crippen molar-refractivity contribution in [2.75, 3.05) is 31.6 Å². The van der Waals surface area contributed by atoms with E-state index in [1.165, 1.54) is 13.4 Å². The van der Waals surface area contributed by atoms with Crippen molar-refractivity contribution in [3.05, 3.63) is 47.8 Å². The first-order valence-electron chi connectivity index (χ1n) is 11.1. The van der Waals surface area contributed by atoms with Crippen LogP contribution in [0.15, 0.2) is 36.7 Å². The Labute approximate surface area is 196 Å². The van der Waals surface area contributed by atoms with Crippen molar-refractivity contribution < 1.29 is 19.1 Å². The summed E-state index contributed by atoms with van der Waals surface area (Å²) < 4.78 is 9.65. The molecule has 1 spiro atoms. The van der Waals surface area contributed by atoms with Gasteiger partial charge in [0.15, 0.2) is 0 Å². The molecule has 2 aromatic heterocycles. The number of ether oxygens (including phenoxy) is 2. The minimum atomic E-state index is -0.816. The van der Waals surface area contributed by atoms with E-state index in [1.54, 1.807) is 6.07 Å². The van der Waals surface area contributed by atoms with Crippen LogP contribution in [0.25, 0.3) is 11.0 Å². The minimum absolute atomic E-state index is 0.106. The predicted molar refractivity (Wildman–Crippen MR) is 122 cm³/mol. The van der Waals surface area contributed by atoms with Crippen molar-refractivity contribution in [3.63, 3.8) is 0 Å². The lowest BCUT2D eigenvalue weighted by atomic mass is 10.0. The highest BCUT2D eigenvalue weighted by Gasteiger charge is 2.53. The van der Waals surface area contributed by atoms with Gasteiger partial charge >= 0.3 is 6.16 Å². The summed E-state index contributed by atoms with van der Waals surface area (Å²) in [4.78, 5) is 40.6. The van der Waals surface area contributed by atoms with E-state index < -0.39 is 6.16 Å². The third-order valence-corrected chi connectivity index (χ3v) is 6.45. The molecule has 10 heteroatoms. The Morgan fingerprint density at radius 3 is 2.79 bits per heavy atom. The van der Waals surface area contributed by atoms with Crippen LogP contribution >= 0.6 is 0 Å². The maximum absolute atomic E-state index is 13.2. The molecule has 0 atom stereocenters. The minimum Gasteiger partial charge on any atom is -0.437 e. The summed E-state index contributed by atoms with van der Waals surface area (Å²) in [6.45, 7) is 1.91. The van der Waals surface area contributed by atoms with E-state index in [0.717, 1.165) is 35.2 Å². The Balaban J connectivity index is 1.32. The average molecular weight is 460 g/mol. The van der Waals surface area contributed by atoms with Crippen LogP contribution in [-0.2, 0) is 22.4 Å². The molecular weight excluding hydrogens is 436 g/mol. The van der Waals surface area contributed by atoms with E-state index in [1.807, 2.05) is 29.2 Å². The highest BCUT2D eigenvalue weighted by atomic mass is 16.7. The Morgan fingerprint density at radius 2 is 2.03 bits per heavy atom. The van der Waals surface area contributed by atoms with Crippen LogP contribution in [0.1, 0.15) is 24.0 Å². The van der Waals surface area contributed by atoms with Gasteiger partial charge in [-0.3, -0.25) is 4.79 Å². The molecule has 1 saturated heterocycles. The first kappa shape index (κ1) is 21.7. The number of nitrogens with one attached hydrogen (secondary N) is 1. The molecule has 0 unspecified atom stereocenters. The highest BCUT2D eigenvalue weighted by molar-refractivity contribution is 5.90. The molecule has 0 radical (unpaired) electrons. The van der Waals surface area contributed by atoms with Gasteiger partial charge in [0.25, 0.3) is 0 Å². The van der Waals surface area contributed by atoms with Gasteiger partial charge in [-0.05, 0) is 24.0 Å². The van der Waals surface area contributed by atoms with Gasteiger partial charge in [-0.25, -0.2) is 14.8 Å². The molecule has 1 aromatic carbocycles. The Hall–Kier alpha value is -4.13. The third kappa shape index (κ3) is 4.12. The first-order valence-corrected chi connectivity index (χ1v) is 11.1. The summed E-state index contributed by atoms with van der Waals surface area (Å²) in [5.41, 5.74) is 2.22. The summed E-state index contributed by atoms with van der Waals surface area (Å²) >= 11 is 0. The first-order chi connectivity index (χ1) is 16.5. The number of hydrogen-bond acceptors (Lipinski definition) is 8. The van der Waals surface area contributed by atoms with Gasteiger partial charge < -0.3 is 24.3 Å². The number of piperazine rings is 1. The number of methoxy groups -OCH3 is 1. The zero-order valence-electron chi connectivity index (χ0n) is 18.8. The van der Waals surface area contributed by atoms with Gasteiger partial charge in [0, 0.05) is 25.7 Å². The number of nitrogens with zero attached hydrogens (tertiary/aromatic N) is 5. The second-order valence-electron chi connectivity index (χ2n) is 8.67. The van der Waals surface area contributed by atoms with E-state index in [9.17, 15) is 9.59 Å². The molecule has 3 aromatic rings. The van der Waals surface area contributed by atoms with Crippen molar-refractivity contribution in [3.8, 4) is 11.9 Å². The van der Waals surface area contributed by atoms with Crippen molar-refractivity contribution in [1.82, 2.24) is 19.9 Å². The molecule has 2 aliphatic rings. The molecule has 1 aliphatic heterocycles. The van der Waals surface area contributed by atoms with E-state index in [2.05, 4.69) is 30.7 Å². The maximum atomic E-state index is 13.2. The van der Waals surface area contributed by atoms with Crippen molar-refractivity contribution >= 4 is 28.9 Å². The second kappa shape index (κ2) is 8.67. The van der Waals surface area contributed by atoms with Crippen LogP contribution in [0, 0.1) is 11.3 Å². The number of aromatic nitrogens is 3. The summed E-state index contributed by atoms with van der Waals surface area (Å²) in [7, 11) is 1.25. The Bertz CT molecular complexity index is 1290. The van der Waals surface area contributed by atoms with E-state index in [0.29, 0.717) is 38.1 Å². The highest BCUT2D eigenvalue weighted by Crippen LogP contribution is 2.45. The molecule has 1 saturated carbocycles. The van der Waals surface area contributed by atoms with E-state index >= 15 is 0 Å². The number of fused-ring (bicyclic) bond motifs is 1. The number of H-pyrrole nitrogens is 1. The number of rotatable bonds is 5. The zero-order valence-corrected chi connectivity index (χ0v) is 18.8. The molecule has 10 nitrogen and oxygen atoms in total. The second-order valence-corrected chi connectivity index (χ2v) is 8.67. The van der Waals surface area contributed by atoms with Gasteiger partial charge in [0.1, 0.15) is 17.8 Å². The number of carbonyl (C=O) groups is 2. The SMILES string of the molecule is COC(=O)Oc1cc2c(N3CCN(C(=O)Cc4cccc(CC#N)c4)C4(CC4)C3)ncnc2[nH]1. The number of anilines is 1. The molecule has 1 amide bonds. The van der Waals surface area contributed by atoms with Crippen molar-refractivity contribution in [2.45, 2.75) is 31.2 Å². The lowest BCUT2D eigenvalue weighted by Crippen LogP contribution is -2.57. The fourth-order valence-electron chi connectivity index (χ4n) is 4.67. The third-order valence-electron chi connectivity index (χ3n) is 6.45. The zero-order chi connectivity index (χ0) is 23.7. The molecule has 3 heterocycles. The number of hydrogen-bond donors (Lipinski definition) is 1.